The molecular weight excluding hydrogens is 384 g/mol. The molecule has 0 N–H and O–H groups in total. The van der Waals surface area contributed by atoms with Crippen molar-refractivity contribution in [1.29, 1.82) is 0 Å². The summed E-state index contributed by atoms with van der Waals surface area (Å²) in [5.41, 5.74) is 1.61. The van der Waals surface area contributed by atoms with E-state index in [-0.39, 0.29) is 36.7 Å². The van der Waals surface area contributed by atoms with Gasteiger partial charge in [-0.15, -0.1) is 0 Å². The van der Waals surface area contributed by atoms with E-state index in [2.05, 4.69) is 0 Å². The van der Waals surface area contributed by atoms with Gasteiger partial charge in [0.2, 0.25) is 5.91 Å². The minimum atomic E-state index is -0.660. The van der Waals surface area contributed by atoms with Crippen molar-refractivity contribution >= 4 is 23.7 Å². The Morgan fingerprint density at radius 3 is 2.07 bits per heavy atom. The molecule has 1 fully saturated rings. The lowest BCUT2D eigenvalue weighted by Crippen LogP contribution is -2.46. The van der Waals surface area contributed by atoms with Crippen LogP contribution in [0.15, 0.2) is 48.5 Å². The van der Waals surface area contributed by atoms with Crippen LogP contribution in [0, 0.1) is 0 Å². The molecule has 0 aromatic heterocycles. The zero-order valence-electron chi connectivity index (χ0n) is 16.3. The van der Waals surface area contributed by atoms with Gasteiger partial charge in [0.15, 0.2) is 0 Å². The van der Waals surface area contributed by atoms with Crippen LogP contribution in [-0.2, 0) is 15.1 Å². The van der Waals surface area contributed by atoms with Gasteiger partial charge >= 0.3 is 5.97 Å². The normalized spacial score (nSPS) is 19.1. The summed E-state index contributed by atoms with van der Waals surface area (Å²) in [7, 11) is 0. The highest BCUT2D eigenvalue weighted by molar-refractivity contribution is 6.21. The number of fused-ring (bicyclic) bond motifs is 3. The molecule has 0 bridgehead atoms. The smallest absolute Gasteiger partial charge is 0.339 e. The van der Waals surface area contributed by atoms with E-state index < -0.39 is 5.60 Å². The van der Waals surface area contributed by atoms with Crippen molar-refractivity contribution in [2.75, 3.05) is 19.6 Å². The van der Waals surface area contributed by atoms with Gasteiger partial charge in [-0.25, -0.2) is 4.79 Å². The van der Waals surface area contributed by atoms with E-state index in [0.717, 1.165) is 10.5 Å². The minimum Gasteiger partial charge on any atom is -0.450 e. The number of ether oxygens (including phenoxy) is 1. The van der Waals surface area contributed by atoms with Crippen molar-refractivity contribution < 1.29 is 23.9 Å². The molecule has 1 saturated heterocycles. The summed E-state index contributed by atoms with van der Waals surface area (Å²) in [4.78, 5) is 52.7. The lowest BCUT2D eigenvalue weighted by atomic mass is 9.83. The van der Waals surface area contributed by atoms with E-state index in [1.165, 1.54) is 0 Å². The number of benzene rings is 2. The van der Waals surface area contributed by atoms with Gasteiger partial charge in [0, 0.05) is 44.5 Å². The molecule has 2 aromatic rings. The summed E-state index contributed by atoms with van der Waals surface area (Å²) in [6.45, 7) is 0.982. The summed E-state index contributed by atoms with van der Waals surface area (Å²) >= 11 is 0. The highest BCUT2D eigenvalue weighted by atomic mass is 16.6. The number of hydrogen-bond acceptors (Lipinski definition) is 5. The highest BCUT2D eigenvalue weighted by Gasteiger charge is 2.47. The number of likely N-dealkylation sites (tertiary alicyclic amines) is 1. The number of esters is 1. The van der Waals surface area contributed by atoms with Crippen LogP contribution in [-0.4, -0.2) is 53.1 Å². The maximum Gasteiger partial charge on any atom is 0.339 e. The van der Waals surface area contributed by atoms with Gasteiger partial charge in [0.25, 0.3) is 11.8 Å². The van der Waals surface area contributed by atoms with Crippen molar-refractivity contribution in [2.24, 2.45) is 0 Å². The van der Waals surface area contributed by atoms with Gasteiger partial charge in [-0.2, -0.15) is 0 Å². The topological polar surface area (TPSA) is 84.0 Å². The van der Waals surface area contributed by atoms with E-state index in [9.17, 15) is 19.2 Å². The summed E-state index contributed by atoms with van der Waals surface area (Å²) in [5, 5.41) is 0. The van der Waals surface area contributed by atoms with Crippen molar-refractivity contribution in [3.63, 3.8) is 0 Å². The van der Waals surface area contributed by atoms with Gasteiger partial charge < -0.3 is 9.64 Å². The van der Waals surface area contributed by atoms with E-state index in [1.807, 2.05) is 18.2 Å². The second kappa shape index (κ2) is 6.79. The van der Waals surface area contributed by atoms with Crippen molar-refractivity contribution in [3.8, 4) is 0 Å². The minimum absolute atomic E-state index is 0.0602. The zero-order chi connectivity index (χ0) is 20.9. The molecule has 5 rings (SSSR count). The van der Waals surface area contributed by atoms with Crippen LogP contribution in [0.4, 0.5) is 0 Å². The van der Waals surface area contributed by atoms with Crippen LogP contribution in [0.25, 0.3) is 0 Å². The molecule has 2 aromatic carbocycles. The number of nitrogens with zero attached hydrogens (tertiary/aromatic N) is 2. The summed E-state index contributed by atoms with van der Waals surface area (Å²) in [6, 6.07) is 14.1. The second-order valence-electron chi connectivity index (χ2n) is 7.87. The number of imide groups is 1. The van der Waals surface area contributed by atoms with Crippen molar-refractivity contribution in [2.45, 2.75) is 24.9 Å². The third kappa shape index (κ3) is 2.73. The fraction of sp³-hybridized carbons (Fsp3) is 0.304. The Bertz CT molecular complexity index is 1050. The number of carbonyl (C=O) groups excluding carboxylic acids is 4. The van der Waals surface area contributed by atoms with Crippen LogP contribution < -0.4 is 0 Å². The third-order valence-corrected chi connectivity index (χ3v) is 6.28. The lowest BCUT2D eigenvalue weighted by Gasteiger charge is -2.38. The molecule has 3 aliphatic heterocycles. The summed E-state index contributed by atoms with van der Waals surface area (Å²) < 4.78 is 5.72. The van der Waals surface area contributed by atoms with E-state index in [4.69, 9.17) is 4.74 Å². The molecule has 0 saturated carbocycles. The first-order valence-electron chi connectivity index (χ1n) is 10.1. The average molecular weight is 404 g/mol. The maximum atomic E-state index is 12.7. The van der Waals surface area contributed by atoms with Crippen molar-refractivity contribution in [3.05, 3.63) is 70.8 Å². The lowest BCUT2D eigenvalue weighted by molar-refractivity contribution is -0.135. The molecule has 7 heteroatoms. The predicted molar refractivity (Wildman–Crippen MR) is 106 cm³/mol. The first-order valence-corrected chi connectivity index (χ1v) is 10.1. The van der Waals surface area contributed by atoms with Crippen LogP contribution in [0.1, 0.15) is 55.9 Å². The molecule has 0 aliphatic carbocycles. The predicted octanol–water partition coefficient (Wildman–Crippen LogP) is 2.36. The highest BCUT2D eigenvalue weighted by Crippen LogP contribution is 2.44. The monoisotopic (exact) mass is 404 g/mol. The standard InChI is InChI=1S/C23H20N2O5/c26-19(9-12-25-20(27)15-5-1-2-6-16(15)21(25)28)24-13-10-23(11-14-24)18-8-4-3-7-17(18)22(29)30-23/h1-8H,9-14H2. The number of hydrogen-bond donors (Lipinski definition) is 0. The zero-order valence-corrected chi connectivity index (χ0v) is 16.3. The molecule has 152 valence electrons. The molecule has 7 nitrogen and oxygen atoms in total. The molecule has 0 atom stereocenters. The van der Waals surface area contributed by atoms with Gasteiger partial charge in [0.1, 0.15) is 5.60 Å². The van der Waals surface area contributed by atoms with Crippen LogP contribution >= 0.6 is 0 Å². The van der Waals surface area contributed by atoms with Crippen LogP contribution in [0.3, 0.4) is 0 Å². The maximum absolute atomic E-state index is 12.7. The summed E-state index contributed by atoms with van der Waals surface area (Å²) in [5.74, 6) is -1.12. The Morgan fingerprint density at radius 2 is 1.43 bits per heavy atom. The Labute approximate surface area is 173 Å². The molecule has 1 spiro atoms. The van der Waals surface area contributed by atoms with Crippen LogP contribution in [0.2, 0.25) is 0 Å². The number of rotatable bonds is 3. The van der Waals surface area contributed by atoms with E-state index >= 15 is 0 Å². The van der Waals surface area contributed by atoms with Gasteiger partial charge in [-0.1, -0.05) is 30.3 Å². The van der Waals surface area contributed by atoms with E-state index in [0.29, 0.717) is 42.6 Å². The van der Waals surface area contributed by atoms with Gasteiger partial charge in [-0.05, 0) is 18.2 Å². The molecular formula is C23H20N2O5. The fourth-order valence-corrected chi connectivity index (χ4v) is 4.64. The Kier molecular flexibility index (Phi) is 4.20. The second-order valence-corrected chi connectivity index (χ2v) is 7.87. The SMILES string of the molecule is O=C1OC2(CCN(C(=O)CCN3C(=O)c4ccccc4C3=O)CC2)c2ccccc21. The average Bonchev–Trinajstić information content (AvgIpc) is 3.18. The van der Waals surface area contributed by atoms with Gasteiger partial charge in [-0.3, -0.25) is 19.3 Å². The van der Waals surface area contributed by atoms with Crippen molar-refractivity contribution in [1.82, 2.24) is 9.80 Å². The third-order valence-electron chi connectivity index (χ3n) is 6.28. The van der Waals surface area contributed by atoms with Crippen LogP contribution in [0.5, 0.6) is 0 Å². The molecule has 3 aliphatic rings. The Hall–Kier alpha value is -3.48. The molecule has 3 amide bonds. The number of piperidine rings is 1. The first kappa shape index (κ1) is 18.5. The Morgan fingerprint density at radius 1 is 0.867 bits per heavy atom. The first-order chi connectivity index (χ1) is 14.5. The molecule has 0 unspecified atom stereocenters. The largest absolute Gasteiger partial charge is 0.450 e. The Balaban J connectivity index is 1.21. The van der Waals surface area contributed by atoms with E-state index in [1.54, 1.807) is 35.2 Å². The summed E-state index contributed by atoms with van der Waals surface area (Å²) in [6.07, 6.45) is 1.15. The van der Waals surface area contributed by atoms with Gasteiger partial charge in [0.05, 0.1) is 16.7 Å². The molecule has 0 radical (unpaired) electrons. The fourth-order valence-electron chi connectivity index (χ4n) is 4.64. The quantitative estimate of drug-likeness (QED) is 0.579. The number of amides is 3. The number of carbonyl (C=O) groups is 4. The molecule has 30 heavy (non-hydrogen) atoms. The molecule has 3 heterocycles.